The predicted octanol–water partition coefficient (Wildman–Crippen LogP) is 5.35. The quantitative estimate of drug-likeness (QED) is 0.216. The Hall–Kier alpha value is -4.93. The Kier molecular flexibility index (Phi) is 8.89. The highest BCUT2D eigenvalue weighted by Gasteiger charge is 2.56. The summed E-state index contributed by atoms with van der Waals surface area (Å²) in [5, 5.41) is 7.02. The molecule has 0 saturated heterocycles. The topological polar surface area (TPSA) is 135 Å². The van der Waals surface area contributed by atoms with Crippen LogP contribution in [0.4, 0.5) is 0 Å². The molecule has 5 rings (SSSR count). The van der Waals surface area contributed by atoms with Crippen LogP contribution in [0.1, 0.15) is 83.8 Å². The van der Waals surface area contributed by atoms with E-state index >= 15 is 0 Å². The Balaban J connectivity index is 1.36. The second-order valence-corrected chi connectivity index (χ2v) is 10.2. The first-order chi connectivity index (χ1) is 20.9. The van der Waals surface area contributed by atoms with Crippen LogP contribution >= 0.6 is 0 Å². The van der Waals surface area contributed by atoms with Gasteiger partial charge in [0, 0.05) is 30.5 Å². The van der Waals surface area contributed by atoms with Crippen LogP contribution in [0.3, 0.4) is 0 Å². The third-order valence-corrected chi connectivity index (χ3v) is 7.47. The van der Waals surface area contributed by atoms with E-state index in [-0.39, 0.29) is 41.4 Å². The summed E-state index contributed by atoms with van der Waals surface area (Å²) < 4.78 is 27.2. The molecule has 2 aromatic carbocycles. The predicted molar refractivity (Wildman–Crippen MR) is 156 cm³/mol. The van der Waals surface area contributed by atoms with Gasteiger partial charge >= 0.3 is 5.97 Å². The van der Waals surface area contributed by atoms with Gasteiger partial charge in [-0.1, -0.05) is 36.3 Å². The largest absolute Gasteiger partial charge is 0.497 e. The Bertz CT molecular complexity index is 1520. The van der Waals surface area contributed by atoms with Crippen LogP contribution in [0, 0.1) is 0 Å². The van der Waals surface area contributed by atoms with Crippen LogP contribution in [-0.2, 0) is 4.79 Å². The van der Waals surface area contributed by atoms with Crippen molar-refractivity contribution in [1.82, 2.24) is 20.4 Å². The number of hydrogen-bond donors (Lipinski definition) is 1. The molecule has 1 amide bonds. The molecule has 4 aromatic rings. The number of pyridine rings is 1. The monoisotopic (exact) mass is 586 g/mol. The number of hydrogen-bond acceptors (Lipinski definition) is 10. The lowest BCUT2D eigenvalue weighted by atomic mass is 10.0. The zero-order valence-corrected chi connectivity index (χ0v) is 24.7. The molecule has 224 valence electrons. The number of rotatable bonds is 12. The molecular weight excluding hydrogens is 552 g/mol. The van der Waals surface area contributed by atoms with Crippen molar-refractivity contribution in [3.63, 3.8) is 0 Å². The number of amides is 1. The molecule has 0 spiro atoms. The van der Waals surface area contributed by atoms with E-state index in [9.17, 15) is 9.59 Å². The molecule has 0 radical (unpaired) electrons. The number of aromatic nitrogens is 3. The van der Waals surface area contributed by atoms with E-state index in [2.05, 4.69) is 15.5 Å². The highest BCUT2D eigenvalue weighted by atomic mass is 16.6. The Labute approximate surface area is 249 Å². The molecule has 11 nitrogen and oxygen atoms in total. The van der Waals surface area contributed by atoms with Crippen LogP contribution in [0.2, 0.25) is 0 Å². The number of benzene rings is 2. The number of nitrogens with one attached hydrogen (secondary N) is 1. The van der Waals surface area contributed by atoms with Crippen molar-refractivity contribution in [2.75, 3.05) is 21.3 Å². The molecule has 0 aliphatic heterocycles. The zero-order valence-electron chi connectivity index (χ0n) is 24.7. The number of nitrogens with zero attached hydrogens (tertiary/aromatic N) is 3. The molecule has 2 aromatic heterocycles. The lowest BCUT2D eigenvalue weighted by Crippen LogP contribution is -2.29. The SMILES string of the molecule is CCCC(=O)Oc1c(OC)ccnc1C(=O)N[C@@H](C)c1noc(C2C(c3ccc(OC)cc3)C2c2ccc(OC)cc2)n1. The fourth-order valence-electron chi connectivity index (χ4n) is 5.21. The van der Waals surface area contributed by atoms with Gasteiger partial charge in [0.2, 0.25) is 11.6 Å². The van der Waals surface area contributed by atoms with Crippen molar-refractivity contribution in [2.45, 2.75) is 50.5 Å². The summed E-state index contributed by atoms with van der Waals surface area (Å²) in [5.74, 6) is 1.63. The maximum absolute atomic E-state index is 13.3. The first-order valence-electron chi connectivity index (χ1n) is 14.0. The average molecular weight is 587 g/mol. The third kappa shape index (κ3) is 6.30. The second-order valence-electron chi connectivity index (χ2n) is 10.2. The summed E-state index contributed by atoms with van der Waals surface area (Å²) in [4.78, 5) is 34.3. The van der Waals surface area contributed by atoms with Gasteiger partial charge in [0.25, 0.3) is 5.91 Å². The van der Waals surface area contributed by atoms with Crippen LogP contribution in [0.15, 0.2) is 65.3 Å². The number of carbonyl (C=O) groups excluding carboxylic acids is 2. The van der Waals surface area contributed by atoms with E-state index in [0.717, 1.165) is 22.6 Å². The summed E-state index contributed by atoms with van der Waals surface area (Å²) in [6.07, 6.45) is 2.20. The van der Waals surface area contributed by atoms with Crippen molar-refractivity contribution in [3.8, 4) is 23.0 Å². The number of carbonyl (C=O) groups is 2. The van der Waals surface area contributed by atoms with Crippen molar-refractivity contribution >= 4 is 11.9 Å². The van der Waals surface area contributed by atoms with Gasteiger partial charge in [-0.05, 0) is 48.7 Å². The fourth-order valence-corrected chi connectivity index (χ4v) is 5.21. The summed E-state index contributed by atoms with van der Waals surface area (Å²) in [6.45, 7) is 3.60. The molecule has 1 saturated carbocycles. The average Bonchev–Trinajstić information content (AvgIpc) is 3.57. The normalized spacial score (nSPS) is 17.9. The van der Waals surface area contributed by atoms with Gasteiger partial charge < -0.3 is 28.8 Å². The molecule has 0 bridgehead atoms. The fraction of sp³-hybridized carbons (Fsp3) is 0.344. The van der Waals surface area contributed by atoms with Gasteiger partial charge in [0.05, 0.1) is 33.3 Å². The smallest absolute Gasteiger partial charge is 0.311 e. The van der Waals surface area contributed by atoms with Gasteiger partial charge in [-0.3, -0.25) is 9.59 Å². The lowest BCUT2D eigenvalue weighted by molar-refractivity contribution is -0.134. The van der Waals surface area contributed by atoms with Gasteiger partial charge in [-0.2, -0.15) is 4.98 Å². The van der Waals surface area contributed by atoms with Gasteiger partial charge in [-0.15, -0.1) is 0 Å². The maximum Gasteiger partial charge on any atom is 0.311 e. The van der Waals surface area contributed by atoms with E-state index in [1.165, 1.54) is 19.4 Å². The van der Waals surface area contributed by atoms with Gasteiger partial charge in [0.1, 0.15) is 11.5 Å². The molecule has 11 heteroatoms. The summed E-state index contributed by atoms with van der Waals surface area (Å²) in [7, 11) is 4.70. The maximum atomic E-state index is 13.3. The molecule has 2 heterocycles. The minimum Gasteiger partial charge on any atom is -0.497 e. The van der Waals surface area contributed by atoms with E-state index in [0.29, 0.717) is 18.1 Å². The van der Waals surface area contributed by atoms with Crippen molar-refractivity contribution < 1.29 is 33.1 Å². The zero-order chi connectivity index (χ0) is 30.5. The van der Waals surface area contributed by atoms with E-state index < -0.39 is 17.9 Å². The summed E-state index contributed by atoms with van der Waals surface area (Å²) in [6, 6.07) is 16.8. The van der Waals surface area contributed by atoms with Crippen LogP contribution in [0.5, 0.6) is 23.0 Å². The molecule has 43 heavy (non-hydrogen) atoms. The van der Waals surface area contributed by atoms with E-state index in [1.54, 1.807) is 21.1 Å². The number of ether oxygens (including phenoxy) is 4. The Morgan fingerprint density at radius 3 is 2.02 bits per heavy atom. The van der Waals surface area contributed by atoms with Crippen LogP contribution in [0.25, 0.3) is 0 Å². The Morgan fingerprint density at radius 2 is 1.49 bits per heavy atom. The molecule has 1 fully saturated rings. The lowest BCUT2D eigenvalue weighted by Gasteiger charge is -2.14. The first-order valence-corrected chi connectivity index (χ1v) is 14.0. The summed E-state index contributed by atoms with van der Waals surface area (Å²) >= 11 is 0. The van der Waals surface area contributed by atoms with Crippen LogP contribution in [-0.4, -0.2) is 48.3 Å². The van der Waals surface area contributed by atoms with Gasteiger partial charge in [0.15, 0.2) is 17.3 Å². The minimum absolute atomic E-state index is 0.0374. The molecule has 1 aliphatic rings. The van der Waals surface area contributed by atoms with Gasteiger partial charge in [-0.25, -0.2) is 4.98 Å². The molecule has 1 N–H and O–H groups in total. The van der Waals surface area contributed by atoms with Crippen LogP contribution < -0.4 is 24.3 Å². The standard InChI is InChI=1S/C32H34N4O7/c1-6-7-24(37)42-29-23(41-5)16-17-33-28(29)31(38)34-18(2)30-35-32(43-36-30)27-25(19-8-12-21(39-3)13-9-19)26(27)20-10-14-22(40-4)15-11-20/h8-18,25-27H,6-7H2,1-5H3,(H,34,38)/t18-,25?,26?,27?/m0/s1. The Morgan fingerprint density at radius 1 is 0.884 bits per heavy atom. The second kappa shape index (κ2) is 12.9. The first kappa shape index (κ1) is 29.6. The highest BCUT2D eigenvalue weighted by Crippen LogP contribution is 2.66. The van der Waals surface area contributed by atoms with E-state index in [1.807, 2.05) is 55.5 Å². The minimum atomic E-state index is -0.630. The van der Waals surface area contributed by atoms with E-state index in [4.69, 9.17) is 28.5 Å². The highest BCUT2D eigenvalue weighted by molar-refractivity contribution is 5.96. The van der Waals surface area contributed by atoms with Crippen molar-refractivity contribution in [3.05, 3.63) is 89.3 Å². The molecule has 3 atom stereocenters. The molecular formula is C32H34N4O7. The van der Waals surface area contributed by atoms with Crippen molar-refractivity contribution in [1.29, 1.82) is 0 Å². The number of esters is 1. The number of methoxy groups -OCH3 is 3. The third-order valence-electron chi connectivity index (χ3n) is 7.47. The summed E-state index contributed by atoms with van der Waals surface area (Å²) in [5.41, 5.74) is 2.17. The van der Waals surface area contributed by atoms with Crippen molar-refractivity contribution in [2.24, 2.45) is 0 Å². The molecule has 2 unspecified atom stereocenters. The molecule has 1 aliphatic carbocycles.